The molecule has 20 heavy (non-hydrogen) atoms. The van der Waals surface area contributed by atoms with Gasteiger partial charge in [0.05, 0.1) is 11.6 Å². The highest BCUT2D eigenvalue weighted by Crippen LogP contribution is 2.38. The number of thiophene rings is 1. The van der Waals surface area contributed by atoms with Gasteiger partial charge in [0.2, 0.25) is 5.16 Å². The summed E-state index contributed by atoms with van der Waals surface area (Å²) in [6.07, 6.45) is 0. The van der Waals surface area contributed by atoms with Crippen molar-refractivity contribution < 1.29 is 0 Å². The molecule has 0 bridgehead atoms. The summed E-state index contributed by atoms with van der Waals surface area (Å²) in [7, 11) is 0. The first-order chi connectivity index (χ1) is 9.79. The fourth-order valence-corrected chi connectivity index (χ4v) is 4.41. The third kappa shape index (κ3) is 2.67. The predicted octanol–water partition coefficient (Wildman–Crippen LogP) is 2.79. The number of nitrogens with two attached hydrogens (primary N) is 1. The molecule has 1 aromatic carbocycles. The van der Waals surface area contributed by atoms with Gasteiger partial charge in [-0.15, -0.1) is 16.4 Å². The van der Waals surface area contributed by atoms with Gasteiger partial charge in [-0.05, 0) is 16.5 Å². The van der Waals surface area contributed by atoms with E-state index in [1.54, 1.807) is 27.8 Å². The van der Waals surface area contributed by atoms with Gasteiger partial charge in [-0.3, -0.25) is 0 Å². The summed E-state index contributed by atoms with van der Waals surface area (Å²) >= 11 is 9.70. The van der Waals surface area contributed by atoms with Crippen LogP contribution in [0.1, 0.15) is 4.88 Å². The van der Waals surface area contributed by atoms with Crippen molar-refractivity contribution in [1.29, 1.82) is 0 Å². The van der Waals surface area contributed by atoms with E-state index < -0.39 is 0 Å². The lowest BCUT2D eigenvalue weighted by molar-refractivity contribution is 0.557. The number of hydrogen-bond acceptors (Lipinski definition) is 6. The molecule has 3 aromatic rings. The zero-order chi connectivity index (χ0) is 13.9. The van der Waals surface area contributed by atoms with Crippen molar-refractivity contribution in [3.05, 3.63) is 34.2 Å². The van der Waals surface area contributed by atoms with Crippen LogP contribution in [0, 0.1) is 0 Å². The van der Waals surface area contributed by atoms with Gasteiger partial charge in [0.25, 0.3) is 0 Å². The first-order valence-corrected chi connectivity index (χ1v) is 8.22. The van der Waals surface area contributed by atoms with Gasteiger partial charge in [-0.2, -0.15) is 0 Å². The Morgan fingerprint density at radius 2 is 2.20 bits per heavy atom. The van der Waals surface area contributed by atoms with Crippen LogP contribution in [0.5, 0.6) is 0 Å². The SMILES string of the molecule is NCCn1nnnc1SCc1sc2ccccc2c1Cl. The molecule has 3 rings (SSSR count). The number of rotatable bonds is 5. The third-order valence-electron chi connectivity index (χ3n) is 2.77. The average Bonchev–Trinajstić information content (AvgIpc) is 3.03. The zero-order valence-electron chi connectivity index (χ0n) is 10.5. The number of benzene rings is 1. The number of halogens is 1. The molecule has 0 saturated heterocycles. The molecule has 0 aliphatic carbocycles. The monoisotopic (exact) mass is 325 g/mol. The van der Waals surface area contributed by atoms with E-state index in [0.717, 1.165) is 26.2 Å². The Morgan fingerprint density at radius 3 is 3.00 bits per heavy atom. The second-order valence-electron chi connectivity index (χ2n) is 4.10. The predicted molar refractivity (Wildman–Crippen MR) is 83.3 cm³/mol. The molecule has 0 spiro atoms. The van der Waals surface area contributed by atoms with E-state index in [2.05, 4.69) is 21.6 Å². The normalized spacial score (nSPS) is 11.3. The second-order valence-corrected chi connectivity index (χ2v) is 6.55. The first-order valence-electron chi connectivity index (χ1n) is 6.04. The Morgan fingerprint density at radius 1 is 1.35 bits per heavy atom. The number of tetrazole rings is 1. The lowest BCUT2D eigenvalue weighted by atomic mass is 10.2. The minimum Gasteiger partial charge on any atom is -0.329 e. The van der Waals surface area contributed by atoms with Gasteiger partial charge in [0.15, 0.2) is 0 Å². The summed E-state index contributed by atoms with van der Waals surface area (Å²) in [4.78, 5) is 1.14. The van der Waals surface area contributed by atoms with Crippen LogP contribution in [-0.2, 0) is 12.3 Å². The van der Waals surface area contributed by atoms with E-state index in [0.29, 0.717) is 13.1 Å². The molecule has 104 valence electrons. The smallest absolute Gasteiger partial charge is 0.209 e. The van der Waals surface area contributed by atoms with Gasteiger partial charge in [-0.25, -0.2) is 4.68 Å². The molecule has 2 N–H and O–H groups in total. The van der Waals surface area contributed by atoms with Crippen LogP contribution in [0.4, 0.5) is 0 Å². The highest BCUT2D eigenvalue weighted by Gasteiger charge is 2.12. The average molecular weight is 326 g/mol. The number of nitrogens with zero attached hydrogens (tertiary/aromatic N) is 4. The molecule has 0 atom stereocenters. The van der Waals surface area contributed by atoms with Crippen LogP contribution in [0.25, 0.3) is 10.1 Å². The van der Waals surface area contributed by atoms with E-state index in [-0.39, 0.29) is 0 Å². The van der Waals surface area contributed by atoms with Crippen LogP contribution in [0.2, 0.25) is 5.02 Å². The molecule has 8 heteroatoms. The summed E-state index contributed by atoms with van der Waals surface area (Å²) in [5.41, 5.74) is 5.53. The topological polar surface area (TPSA) is 69.6 Å². The van der Waals surface area contributed by atoms with Crippen molar-refractivity contribution in [2.75, 3.05) is 6.54 Å². The highest BCUT2D eigenvalue weighted by molar-refractivity contribution is 7.98. The third-order valence-corrected chi connectivity index (χ3v) is 5.65. The lowest BCUT2D eigenvalue weighted by Gasteiger charge is -2.01. The van der Waals surface area contributed by atoms with Crippen LogP contribution >= 0.6 is 34.7 Å². The summed E-state index contributed by atoms with van der Waals surface area (Å²) < 4.78 is 2.92. The second kappa shape index (κ2) is 6.09. The van der Waals surface area contributed by atoms with Crippen molar-refractivity contribution in [3.63, 3.8) is 0 Å². The fourth-order valence-electron chi connectivity index (χ4n) is 1.85. The number of aromatic nitrogens is 4. The van der Waals surface area contributed by atoms with Gasteiger partial charge in [-0.1, -0.05) is 41.6 Å². The molecular formula is C12H12ClN5S2. The number of fused-ring (bicyclic) bond motifs is 1. The zero-order valence-corrected chi connectivity index (χ0v) is 12.9. The van der Waals surface area contributed by atoms with Crippen molar-refractivity contribution in [1.82, 2.24) is 20.2 Å². The van der Waals surface area contributed by atoms with Crippen molar-refractivity contribution in [2.24, 2.45) is 5.73 Å². The summed E-state index contributed by atoms with van der Waals surface area (Å²) in [6.45, 7) is 1.14. The minimum atomic E-state index is 0.516. The van der Waals surface area contributed by atoms with Crippen LogP contribution in [0.15, 0.2) is 29.4 Å². The van der Waals surface area contributed by atoms with Crippen LogP contribution in [-0.4, -0.2) is 26.8 Å². The van der Waals surface area contributed by atoms with Crippen molar-refractivity contribution >= 4 is 44.8 Å². The van der Waals surface area contributed by atoms with Gasteiger partial charge in [0.1, 0.15) is 0 Å². The van der Waals surface area contributed by atoms with Gasteiger partial charge >= 0.3 is 0 Å². The quantitative estimate of drug-likeness (QED) is 0.730. The standard InChI is InChI=1S/C12H12ClN5S2/c13-11-8-3-1-2-4-9(8)20-10(11)7-19-12-15-16-17-18(12)6-5-14/h1-4H,5-7,14H2. The highest BCUT2D eigenvalue weighted by atomic mass is 35.5. The molecule has 0 fully saturated rings. The van der Waals surface area contributed by atoms with Gasteiger partial charge < -0.3 is 5.73 Å². The lowest BCUT2D eigenvalue weighted by Crippen LogP contribution is -2.12. The number of hydrogen-bond donors (Lipinski definition) is 1. The molecule has 0 aliphatic rings. The largest absolute Gasteiger partial charge is 0.329 e. The maximum Gasteiger partial charge on any atom is 0.209 e. The first kappa shape index (κ1) is 13.8. The van der Waals surface area contributed by atoms with Crippen molar-refractivity contribution in [3.8, 4) is 0 Å². The van der Waals surface area contributed by atoms with E-state index >= 15 is 0 Å². The summed E-state index contributed by atoms with van der Waals surface area (Å²) in [5, 5.41) is 14.3. The fraction of sp³-hybridized carbons (Fsp3) is 0.250. The maximum absolute atomic E-state index is 6.42. The molecule has 2 heterocycles. The number of thioether (sulfide) groups is 1. The Balaban J connectivity index is 1.80. The van der Waals surface area contributed by atoms with Crippen LogP contribution in [0.3, 0.4) is 0 Å². The Labute approximate surface area is 129 Å². The van der Waals surface area contributed by atoms with E-state index in [1.807, 2.05) is 18.2 Å². The van der Waals surface area contributed by atoms with Crippen molar-refractivity contribution in [2.45, 2.75) is 17.5 Å². The van der Waals surface area contributed by atoms with E-state index in [4.69, 9.17) is 17.3 Å². The molecule has 5 nitrogen and oxygen atoms in total. The molecule has 0 saturated carbocycles. The summed E-state index contributed by atoms with van der Waals surface area (Å²) in [5.74, 6) is 0.753. The molecular weight excluding hydrogens is 314 g/mol. The summed E-state index contributed by atoms with van der Waals surface area (Å²) in [6, 6.07) is 8.15. The molecule has 0 radical (unpaired) electrons. The Hall–Kier alpha value is -1.15. The molecule has 0 amide bonds. The van der Waals surface area contributed by atoms with Crippen LogP contribution < -0.4 is 5.73 Å². The molecule has 0 aliphatic heterocycles. The Bertz CT molecular complexity index is 724. The van der Waals surface area contributed by atoms with E-state index in [1.165, 1.54) is 4.70 Å². The van der Waals surface area contributed by atoms with E-state index in [9.17, 15) is 0 Å². The maximum atomic E-state index is 6.42. The molecule has 2 aromatic heterocycles. The van der Waals surface area contributed by atoms with Gasteiger partial charge in [0, 0.05) is 27.3 Å². The Kier molecular flexibility index (Phi) is 4.21. The minimum absolute atomic E-state index is 0.516. The molecule has 0 unspecified atom stereocenters.